The number of nitrogens with one attached hydrogen (secondary N) is 3. The highest BCUT2D eigenvalue weighted by atomic mass is 16.7. The second kappa shape index (κ2) is 8.11. The fraction of sp³-hybridized carbons (Fsp3) is 0.200. The summed E-state index contributed by atoms with van der Waals surface area (Å²) in [7, 11) is 1.26. The number of hydrogen-bond donors (Lipinski definition) is 4. The zero-order chi connectivity index (χ0) is 21.0. The summed E-state index contributed by atoms with van der Waals surface area (Å²) in [6.07, 6.45) is 0. The zero-order valence-electron chi connectivity index (χ0n) is 16.0. The first kappa shape index (κ1) is 20.0. The number of H-pyrrole nitrogens is 1. The van der Waals surface area contributed by atoms with Crippen LogP contribution in [0.4, 0.5) is 0 Å². The molecule has 2 aromatic carbocycles. The number of nitrogens with zero attached hydrogens (tertiary/aromatic N) is 1. The lowest BCUT2D eigenvalue weighted by Gasteiger charge is -2.28. The van der Waals surface area contributed by atoms with Crippen LogP contribution in [0.15, 0.2) is 48.5 Å². The van der Waals surface area contributed by atoms with E-state index in [-0.39, 0.29) is 18.2 Å². The predicted octanol–water partition coefficient (Wildman–Crippen LogP) is 1.53. The number of amidine groups is 1. The summed E-state index contributed by atoms with van der Waals surface area (Å²) >= 11 is 0. The molecule has 9 heteroatoms. The largest absolute Gasteiger partial charge is 0.416 e. The van der Waals surface area contributed by atoms with Crippen LogP contribution < -0.4 is 11.1 Å². The van der Waals surface area contributed by atoms with Gasteiger partial charge in [-0.3, -0.25) is 15.0 Å². The van der Waals surface area contributed by atoms with Crippen molar-refractivity contribution in [1.82, 2.24) is 15.3 Å². The van der Waals surface area contributed by atoms with E-state index in [0.717, 1.165) is 5.56 Å². The molecule has 0 saturated heterocycles. The Morgan fingerprint density at radius 3 is 2.48 bits per heavy atom. The summed E-state index contributed by atoms with van der Waals surface area (Å²) in [5.41, 5.74) is 8.05. The summed E-state index contributed by atoms with van der Waals surface area (Å²) < 4.78 is 10.7. The number of carbonyl (C=O) groups is 2. The van der Waals surface area contributed by atoms with E-state index in [4.69, 9.17) is 20.6 Å². The minimum absolute atomic E-state index is 0.0428. The van der Waals surface area contributed by atoms with Gasteiger partial charge in [0.1, 0.15) is 5.84 Å². The Labute approximate surface area is 166 Å². The molecule has 0 unspecified atom stereocenters. The number of amides is 1. The van der Waals surface area contributed by atoms with E-state index in [1.165, 1.54) is 14.0 Å². The molecule has 0 aliphatic carbocycles. The lowest BCUT2D eigenvalue weighted by atomic mass is 10.1. The quantitative estimate of drug-likeness (QED) is 0.207. The number of nitrogen functional groups attached to an aromatic ring is 1. The maximum Gasteiger partial charge on any atom is 0.353 e. The molecule has 29 heavy (non-hydrogen) atoms. The van der Waals surface area contributed by atoms with Gasteiger partial charge in [-0.25, -0.2) is 4.98 Å². The third-order valence-electron chi connectivity index (χ3n) is 4.29. The first-order valence-electron chi connectivity index (χ1n) is 8.77. The normalized spacial score (nSPS) is 12.9. The van der Waals surface area contributed by atoms with Gasteiger partial charge in [0.05, 0.1) is 11.0 Å². The Balaban J connectivity index is 1.88. The SMILES string of the molecule is CO[C@@](OC(C)=O)(C(=O)NCc1ccc(C(=N)N)cc1)c1nc2ccccc2[nH]1. The number of ether oxygens (including phenoxy) is 2. The Bertz CT molecular complexity index is 1030. The van der Waals surface area contributed by atoms with Crippen molar-refractivity contribution in [1.29, 1.82) is 5.41 Å². The number of nitrogens with two attached hydrogens (primary N) is 1. The summed E-state index contributed by atoms with van der Waals surface area (Å²) in [4.78, 5) is 32.1. The Morgan fingerprint density at radius 1 is 1.21 bits per heavy atom. The molecule has 5 N–H and O–H groups in total. The summed E-state index contributed by atoms with van der Waals surface area (Å²) in [5.74, 6) is -3.44. The van der Waals surface area contributed by atoms with Gasteiger partial charge in [-0.2, -0.15) is 0 Å². The molecular weight excluding hydrogens is 374 g/mol. The maximum atomic E-state index is 13.0. The molecule has 0 radical (unpaired) electrons. The van der Waals surface area contributed by atoms with Crippen LogP contribution in [0.5, 0.6) is 0 Å². The van der Waals surface area contributed by atoms with Crippen LogP contribution in [0, 0.1) is 5.41 Å². The Hall–Kier alpha value is -3.72. The lowest BCUT2D eigenvalue weighted by Crippen LogP contribution is -2.49. The fourth-order valence-corrected chi connectivity index (χ4v) is 2.85. The molecule has 0 aliphatic rings. The topological polar surface area (TPSA) is 143 Å². The molecule has 0 fully saturated rings. The average Bonchev–Trinajstić information content (AvgIpc) is 3.15. The standard InChI is InChI=1S/C20H21N5O4/c1-12(26)29-20(28-2,18-24-15-5-3-4-6-16(15)25-18)19(27)23-11-13-7-9-14(10-8-13)17(21)22/h3-10H,11H2,1-2H3,(H3,21,22)(H,23,27)(H,24,25)/t20-/m0/s1. The van der Waals surface area contributed by atoms with Gasteiger partial charge in [0.15, 0.2) is 5.82 Å². The molecule has 0 bridgehead atoms. The first-order valence-corrected chi connectivity index (χ1v) is 8.77. The molecule has 9 nitrogen and oxygen atoms in total. The van der Waals surface area contributed by atoms with Crippen molar-refractivity contribution in [2.24, 2.45) is 5.73 Å². The molecular formula is C20H21N5O4. The predicted molar refractivity (Wildman–Crippen MR) is 106 cm³/mol. The summed E-state index contributed by atoms with van der Waals surface area (Å²) in [6, 6.07) is 14.0. The number of rotatable bonds is 7. The molecule has 0 saturated carbocycles. The van der Waals surface area contributed by atoms with E-state index in [9.17, 15) is 9.59 Å². The fourth-order valence-electron chi connectivity index (χ4n) is 2.85. The van der Waals surface area contributed by atoms with Crippen molar-refractivity contribution < 1.29 is 19.1 Å². The lowest BCUT2D eigenvalue weighted by molar-refractivity contribution is -0.227. The molecule has 0 aliphatic heterocycles. The first-order chi connectivity index (χ1) is 13.9. The van der Waals surface area contributed by atoms with Gasteiger partial charge in [-0.05, 0) is 17.7 Å². The third-order valence-corrected chi connectivity index (χ3v) is 4.29. The van der Waals surface area contributed by atoms with E-state index in [1.54, 1.807) is 42.5 Å². The van der Waals surface area contributed by atoms with Crippen molar-refractivity contribution in [3.8, 4) is 0 Å². The Kier molecular flexibility index (Phi) is 5.60. The van der Waals surface area contributed by atoms with Gasteiger partial charge >= 0.3 is 17.7 Å². The second-order valence-corrected chi connectivity index (χ2v) is 6.31. The molecule has 1 heterocycles. The minimum atomic E-state index is -2.07. The van der Waals surface area contributed by atoms with Crippen LogP contribution in [-0.2, 0) is 31.4 Å². The number of imidazole rings is 1. The molecule has 1 amide bonds. The van der Waals surface area contributed by atoms with Crippen molar-refractivity contribution in [3.05, 3.63) is 65.5 Å². The highest BCUT2D eigenvalue weighted by Gasteiger charge is 2.47. The number of methoxy groups -OCH3 is 1. The van der Waals surface area contributed by atoms with E-state index in [1.807, 2.05) is 6.07 Å². The van der Waals surface area contributed by atoms with Gasteiger partial charge in [0.25, 0.3) is 0 Å². The highest BCUT2D eigenvalue weighted by Crippen LogP contribution is 2.27. The average molecular weight is 395 g/mol. The highest BCUT2D eigenvalue weighted by molar-refractivity contribution is 5.95. The minimum Gasteiger partial charge on any atom is -0.416 e. The molecule has 0 spiro atoms. The summed E-state index contributed by atoms with van der Waals surface area (Å²) in [6.45, 7) is 1.33. The molecule has 3 aromatic rings. The van der Waals surface area contributed by atoms with Crippen molar-refractivity contribution >= 4 is 28.7 Å². The number of hydrogen-bond acceptors (Lipinski definition) is 6. The van der Waals surface area contributed by atoms with Gasteiger partial charge in [-0.15, -0.1) is 0 Å². The van der Waals surface area contributed by atoms with Crippen LogP contribution in [0.1, 0.15) is 23.9 Å². The van der Waals surface area contributed by atoms with Gasteiger partial charge in [0, 0.05) is 26.1 Å². The number of para-hydroxylation sites is 2. The van der Waals surface area contributed by atoms with Gasteiger partial charge < -0.3 is 25.5 Å². The van der Waals surface area contributed by atoms with Crippen LogP contribution in [-0.4, -0.2) is 34.8 Å². The number of esters is 1. The molecule has 1 atom stereocenters. The van der Waals surface area contributed by atoms with E-state index < -0.39 is 17.7 Å². The van der Waals surface area contributed by atoms with Crippen molar-refractivity contribution in [2.45, 2.75) is 19.3 Å². The van der Waals surface area contributed by atoms with Crippen LogP contribution >= 0.6 is 0 Å². The molecule has 150 valence electrons. The number of benzene rings is 2. The molecule has 1 aromatic heterocycles. The van der Waals surface area contributed by atoms with E-state index >= 15 is 0 Å². The molecule has 3 rings (SSSR count). The van der Waals surface area contributed by atoms with Gasteiger partial charge in [0.2, 0.25) is 0 Å². The zero-order valence-corrected chi connectivity index (χ0v) is 16.0. The smallest absolute Gasteiger partial charge is 0.353 e. The number of carbonyl (C=O) groups excluding carboxylic acids is 2. The number of aromatic nitrogens is 2. The van der Waals surface area contributed by atoms with Crippen molar-refractivity contribution in [3.63, 3.8) is 0 Å². The number of aromatic amines is 1. The second-order valence-electron chi connectivity index (χ2n) is 6.31. The van der Waals surface area contributed by atoms with E-state index in [2.05, 4.69) is 15.3 Å². The summed E-state index contributed by atoms with van der Waals surface area (Å²) in [5, 5.41) is 10.1. The van der Waals surface area contributed by atoms with E-state index in [0.29, 0.717) is 16.6 Å². The van der Waals surface area contributed by atoms with Crippen molar-refractivity contribution in [2.75, 3.05) is 7.11 Å². The monoisotopic (exact) mass is 395 g/mol. The van der Waals surface area contributed by atoms with Crippen LogP contribution in [0.25, 0.3) is 11.0 Å². The number of fused-ring (bicyclic) bond motifs is 1. The van der Waals surface area contributed by atoms with Crippen LogP contribution in [0.3, 0.4) is 0 Å². The maximum absolute atomic E-state index is 13.0. The van der Waals surface area contributed by atoms with Crippen LogP contribution in [0.2, 0.25) is 0 Å². The third kappa shape index (κ3) is 4.09. The Morgan fingerprint density at radius 2 is 1.90 bits per heavy atom. The van der Waals surface area contributed by atoms with Gasteiger partial charge in [-0.1, -0.05) is 36.4 Å².